The first-order chi connectivity index (χ1) is 12.1. The summed E-state index contributed by atoms with van der Waals surface area (Å²) in [7, 11) is 0. The molecule has 1 N–H and O–H groups in total. The summed E-state index contributed by atoms with van der Waals surface area (Å²) in [6.45, 7) is 3.97. The number of anilines is 1. The van der Waals surface area contributed by atoms with Crippen LogP contribution in [0, 0.1) is 13.8 Å². The maximum absolute atomic E-state index is 12.4. The minimum absolute atomic E-state index is 0.274. The molecule has 0 aliphatic rings. The van der Waals surface area contributed by atoms with Gasteiger partial charge in [0, 0.05) is 17.6 Å². The fraction of sp³-hybridized carbons (Fsp3) is 0.111. The highest BCUT2D eigenvalue weighted by Crippen LogP contribution is 2.16. The van der Waals surface area contributed by atoms with Crippen molar-refractivity contribution in [3.63, 3.8) is 0 Å². The third kappa shape index (κ3) is 2.87. The van der Waals surface area contributed by atoms with E-state index in [9.17, 15) is 4.79 Å². The smallest absolute Gasteiger partial charge is 0.276 e. The van der Waals surface area contributed by atoms with Gasteiger partial charge in [0.2, 0.25) is 0 Å². The monoisotopic (exact) mass is 332 g/mol. The number of rotatable bonds is 3. The summed E-state index contributed by atoms with van der Waals surface area (Å²) < 4.78 is 3.30. The average molecular weight is 332 g/mol. The molecule has 0 aliphatic carbocycles. The molecule has 7 heteroatoms. The molecule has 0 saturated heterocycles. The Morgan fingerprint density at radius 1 is 1.04 bits per heavy atom. The number of carbonyl (C=O) groups is 1. The molecular formula is C18H16N6O. The number of hydrogen-bond acceptors (Lipinski definition) is 4. The quantitative estimate of drug-likeness (QED) is 0.626. The summed E-state index contributed by atoms with van der Waals surface area (Å²) >= 11 is 0. The molecule has 0 fully saturated rings. The van der Waals surface area contributed by atoms with E-state index in [0.717, 1.165) is 22.6 Å². The van der Waals surface area contributed by atoms with Crippen LogP contribution in [0.1, 0.15) is 21.9 Å². The Kier molecular flexibility index (Phi) is 3.53. The first-order valence-corrected chi connectivity index (χ1v) is 7.86. The minimum atomic E-state index is -0.274. The third-order valence-corrected chi connectivity index (χ3v) is 3.86. The molecule has 124 valence electrons. The van der Waals surface area contributed by atoms with Crippen molar-refractivity contribution in [1.82, 2.24) is 24.6 Å². The lowest BCUT2D eigenvalue weighted by Gasteiger charge is -2.07. The van der Waals surface area contributed by atoms with E-state index < -0.39 is 0 Å². The lowest BCUT2D eigenvalue weighted by atomic mass is 10.2. The lowest BCUT2D eigenvalue weighted by molar-refractivity contribution is 0.102. The van der Waals surface area contributed by atoms with Crippen LogP contribution in [0.3, 0.4) is 0 Å². The maximum Gasteiger partial charge on any atom is 0.276 e. The van der Waals surface area contributed by atoms with E-state index in [-0.39, 0.29) is 5.91 Å². The van der Waals surface area contributed by atoms with Gasteiger partial charge < -0.3 is 5.32 Å². The predicted molar refractivity (Wildman–Crippen MR) is 94.0 cm³/mol. The zero-order valence-electron chi connectivity index (χ0n) is 13.8. The van der Waals surface area contributed by atoms with Gasteiger partial charge in [0.05, 0.1) is 16.9 Å². The Morgan fingerprint density at radius 2 is 1.84 bits per heavy atom. The highest BCUT2D eigenvalue weighted by atomic mass is 16.2. The summed E-state index contributed by atoms with van der Waals surface area (Å²) in [5, 5.41) is 15.5. The zero-order valence-corrected chi connectivity index (χ0v) is 13.8. The highest BCUT2D eigenvalue weighted by Gasteiger charge is 2.12. The van der Waals surface area contributed by atoms with Crippen molar-refractivity contribution in [2.75, 3.05) is 5.32 Å². The molecule has 7 nitrogen and oxygen atoms in total. The van der Waals surface area contributed by atoms with Crippen molar-refractivity contribution in [3.8, 4) is 5.69 Å². The van der Waals surface area contributed by atoms with Crippen LogP contribution in [0.2, 0.25) is 0 Å². The van der Waals surface area contributed by atoms with Gasteiger partial charge in [-0.05, 0) is 62.4 Å². The van der Waals surface area contributed by atoms with Crippen LogP contribution < -0.4 is 5.32 Å². The van der Waals surface area contributed by atoms with Crippen LogP contribution in [0.4, 0.5) is 5.69 Å². The number of nitrogens with zero attached hydrogens (tertiary/aromatic N) is 5. The number of hydrogen-bond donors (Lipinski definition) is 1. The summed E-state index contributed by atoms with van der Waals surface area (Å²) in [6, 6.07) is 14.9. The van der Waals surface area contributed by atoms with Crippen LogP contribution in [-0.4, -0.2) is 30.5 Å². The SMILES string of the molecule is Cc1cc(C)n(-c2ccc(NC(=O)c3cc4cccnn4n3)cc2)n1. The summed E-state index contributed by atoms with van der Waals surface area (Å²) in [6.07, 6.45) is 1.62. The Bertz CT molecular complexity index is 1030. The molecule has 0 bridgehead atoms. The molecular weight excluding hydrogens is 316 g/mol. The van der Waals surface area contributed by atoms with E-state index in [1.165, 1.54) is 4.63 Å². The highest BCUT2D eigenvalue weighted by molar-refractivity contribution is 6.03. The van der Waals surface area contributed by atoms with Gasteiger partial charge in [-0.1, -0.05) is 0 Å². The van der Waals surface area contributed by atoms with Gasteiger partial charge in [0.25, 0.3) is 5.91 Å². The van der Waals surface area contributed by atoms with E-state index in [0.29, 0.717) is 11.4 Å². The molecule has 3 heterocycles. The first kappa shape index (κ1) is 15.1. The normalized spacial score (nSPS) is 11.0. The minimum Gasteiger partial charge on any atom is -0.321 e. The molecule has 4 aromatic rings. The molecule has 1 amide bonds. The van der Waals surface area contributed by atoms with E-state index in [1.807, 2.05) is 54.9 Å². The number of nitrogens with one attached hydrogen (secondary N) is 1. The van der Waals surface area contributed by atoms with Gasteiger partial charge in [-0.25, -0.2) is 4.68 Å². The fourth-order valence-electron chi connectivity index (χ4n) is 2.72. The Morgan fingerprint density at radius 3 is 2.52 bits per heavy atom. The molecule has 0 atom stereocenters. The standard InChI is InChI=1S/C18H16N6O/c1-12-10-13(2)23(21-12)15-7-5-14(6-8-15)20-18(25)17-11-16-4-3-9-19-24(16)22-17/h3-11H,1-2H3,(H,20,25). The molecule has 0 unspecified atom stereocenters. The van der Waals surface area contributed by atoms with Crippen molar-refractivity contribution < 1.29 is 4.79 Å². The Balaban J connectivity index is 1.54. The van der Waals surface area contributed by atoms with E-state index in [2.05, 4.69) is 20.6 Å². The number of carbonyl (C=O) groups excluding carboxylic acids is 1. The molecule has 1 aromatic carbocycles. The first-order valence-electron chi connectivity index (χ1n) is 7.86. The van der Waals surface area contributed by atoms with Crippen molar-refractivity contribution in [2.45, 2.75) is 13.8 Å². The van der Waals surface area contributed by atoms with Crippen LogP contribution in [0.5, 0.6) is 0 Å². The summed E-state index contributed by atoms with van der Waals surface area (Å²) in [5.41, 5.74) is 4.76. The third-order valence-electron chi connectivity index (χ3n) is 3.86. The second-order valence-electron chi connectivity index (χ2n) is 5.81. The molecule has 4 rings (SSSR count). The lowest BCUT2D eigenvalue weighted by Crippen LogP contribution is -2.13. The number of amides is 1. The Hall–Kier alpha value is -3.48. The van der Waals surface area contributed by atoms with Crippen LogP contribution in [0.15, 0.2) is 54.7 Å². The molecule has 0 radical (unpaired) electrons. The van der Waals surface area contributed by atoms with Gasteiger partial charge in [-0.2, -0.15) is 14.8 Å². The summed E-state index contributed by atoms with van der Waals surface area (Å²) in [5.74, 6) is -0.274. The van der Waals surface area contributed by atoms with E-state index in [4.69, 9.17) is 0 Å². The van der Waals surface area contributed by atoms with Crippen molar-refractivity contribution in [2.24, 2.45) is 0 Å². The van der Waals surface area contributed by atoms with Gasteiger partial charge in [-0.15, -0.1) is 5.10 Å². The molecule has 0 spiro atoms. The molecule has 0 aliphatic heterocycles. The average Bonchev–Trinajstić information content (AvgIpc) is 3.18. The molecule has 25 heavy (non-hydrogen) atoms. The topological polar surface area (TPSA) is 77.1 Å². The fourth-order valence-corrected chi connectivity index (χ4v) is 2.72. The molecule has 3 aromatic heterocycles. The largest absolute Gasteiger partial charge is 0.321 e. The zero-order chi connectivity index (χ0) is 17.4. The van der Waals surface area contributed by atoms with Crippen LogP contribution in [0.25, 0.3) is 11.2 Å². The number of fused-ring (bicyclic) bond motifs is 1. The van der Waals surface area contributed by atoms with Crippen LogP contribution in [-0.2, 0) is 0 Å². The van der Waals surface area contributed by atoms with E-state index >= 15 is 0 Å². The molecule has 0 saturated carbocycles. The van der Waals surface area contributed by atoms with Gasteiger partial charge in [-0.3, -0.25) is 4.79 Å². The number of aryl methyl sites for hydroxylation is 2. The van der Waals surface area contributed by atoms with Gasteiger partial charge >= 0.3 is 0 Å². The second kappa shape index (κ2) is 5.86. The van der Waals surface area contributed by atoms with E-state index in [1.54, 1.807) is 18.3 Å². The van der Waals surface area contributed by atoms with Crippen molar-refractivity contribution in [3.05, 3.63) is 71.8 Å². The maximum atomic E-state index is 12.4. The number of aromatic nitrogens is 5. The second-order valence-corrected chi connectivity index (χ2v) is 5.81. The number of benzene rings is 1. The summed E-state index contributed by atoms with van der Waals surface area (Å²) in [4.78, 5) is 12.4. The van der Waals surface area contributed by atoms with Gasteiger partial charge in [0.1, 0.15) is 0 Å². The van der Waals surface area contributed by atoms with Crippen molar-refractivity contribution in [1.29, 1.82) is 0 Å². The van der Waals surface area contributed by atoms with Gasteiger partial charge in [0.15, 0.2) is 5.69 Å². The van der Waals surface area contributed by atoms with Crippen LogP contribution >= 0.6 is 0 Å². The Labute approximate surface area is 143 Å². The predicted octanol–water partition coefficient (Wildman–Crippen LogP) is 2.78. The van der Waals surface area contributed by atoms with Crippen molar-refractivity contribution >= 4 is 17.1 Å².